The summed E-state index contributed by atoms with van der Waals surface area (Å²) in [6, 6.07) is 0. The predicted molar refractivity (Wildman–Crippen MR) is 65.8 cm³/mol. The van der Waals surface area contributed by atoms with Crippen LogP contribution >= 0.6 is 0 Å². The summed E-state index contributed by atoms with van der Waals surface area (Å²) in [7, 11) is -4.51. The Balaban J connectivity index is 3.52. The SMILES string of the molecule is C[Si](C)(C)C#CCCCCOS(C)(=O)=O. The quantitative estimate of drug-likeness (QED) is 0.323. The van der Waals surface area contributed by atoms with Gasteiger partial charge < -0.3 is 0 Å². The zero-order chi connectivity index (χ0) is 11.9. The van der Waals surface area contributed by atoms with E-state index in [1.807, 2.05) is 0 Å². The van der Waals surface area contributed by atoms with E-state index in [0.717, 1.165) is 25.5 Å². The molecule has 0 unspecified atom stereocenters. The molecule has 0 rings (SSSR count). The topological polar surface area (TPSA) is 43.4 Å². The van der Waals surface area contributed by atoms with E-state index in [4.69, 9.17) is 0 Å². The van der Waals surface area contributed by atoms with Crippen molar-refractivity contribution in [3.8, 4) is 11.5 Å². The molecule has 88 valence electrons. The summed E-state index contributed by atoms with van der Waals surface area (Å²) in [5.41, 5.74) is 3.26. The van der Waals surface area contributed by atoms with Crippen LogP contribution in [0.25, 0.3) is 0 Å². The van der Waals surface area contributed by atoms with Crippen LogP contribution in [0, 0.1) is 11.5 Å². The average molecular weight is 248 g/mol. The summed E-state index contributed by atoms with van der Waals surface area (Å²) >= 11 is 0. The molecule has 5 heteroatoms. The zero-order valence-electron chi connectivity index (χ0n) is 9.96. The van der Waals surface area contributed by atoms with Gasteiger partial charge in [0.1, 0.15) is 8.07 Å². The van der Waals surface area contributed by atoms with Crippen molar-refractivity contribution in [2.45, 2.75) is 38.9 Å². The molecule has 15 heavy (non-hydrogen) atoms. The van der Waals surface area contributed by atoms with Crippen LogP contribution in [-0.4, -0.2) is 29.4 Å². The maximum Gasteiger partial charge on any atom is 0.264 e. The van der Waals surface area contributed by atoms with Crippen molar-refractivity contribution in [3.63, 3.8) is 0 Å². The Labute approximate surface area is 94.4 Å². The lowest BCUT2D eigenvalue weighted by Crippen LogP contribution is -2.16. The Morgan fingerprint density at radius 2 is 1.80 bits per heavy atom. The van der Waals surface area contributed by atoms with Crippen LogP contribution in [0.2, 0.25) is 19.6 Å². The molecule has 0 spiro atoms. The predicted octanol–water partition coefficient (Wildman–Crippen LogP) is 2.01. The van der Waals surface area contributed by atoms with E-state index in [-0.39, 0.29) is 6.61 Å². The molecular weight excluding hydrogens is 228 g/mol. The van der Waals surface area contributed by atoms with Crippen LogP contribution in [-0.2, 0) is 14.3 Å². The van der Waals surface area contributed by atoms with Gasteiger partial charge in [0.2, 0.25) is 0 Å². The molecule has 0 aliphatic heterocycles. The van der Waals surface area contributed by atoms with Crippen molar-refractivity contribution >= 4 is 18.2 Å². The van der Waals surface area contributed by atoms with Gasteiger partial charge in [-0.15, -0.1) is 11.5 Å². The number of unbranched alkanes of at least 4 members (excludes halogenated alkanes) is 2. The fourth-order valence-electron chi connectivity index (χ4n) is 0.853. The molecule has 0 saturated heterocycles. The van der Waals surface area contributed by atoms with Crippen LogP contribution in [0.5, 0.6) is 0 Å². The van der Waals surface area contributed by atoms with Crippen LogP contribution < -0.4 is 0 Å². The lowest BCUT2D eigenvalue weighted by molar-refractivity contribution is 0.313. The van der Waals surface area contributed by atoms with Crippen molar-refractivity contribution in [3.05, 3.63) is 0 Å². The Kier molecular flexibility index (Phi) is 6.18. The third kappa shape index (κ3) is 13.7. The molecule has 0 atom stereocenters. The molecule has 0 heterocycles. The minimum Gasteiger partial charge on any atom is -0.270 e. The fourth-order valence-corrected chi connectivity index (χ4v) is 1.93. The minimum atomic E-state index is -3.27. The van der Waals surface area contributed by atoms with E-state index < -0.39 is 18.2 Å². The third-order valence-electron chi connectivity index (χ3n) is 1.46. The maximum absolute atomic E-state index is 10.6. The average Bonchev–Trinajstić information content (AvgIpc) is 1.98. The highest BCUT2D eigenvalue weighted by atomic mass is 32.2. The second-order valence-corrected chi connectivity index (χ2v) is 10.9. The normalized spacial score (nSPS) is 12.0. The van der Waals surface area contributed by atoms with Crippen LogP contribution in [0.4, 0.5) is 0 Å². The molecule has 0 aliphatic rings. The molecule has 0 radical (unpaired) electrons. The third-order valence-corrected chi connectivity index (χ3v) is 2.98. The second-order valence-electron chi connectivity index (χ2n) is 4.53. The molecule has 0 N–H and O–H groups in total. The molecule has 0 aliphatic carbocycles. The molecule has 0 amide bonds. The molecule has 0 bridgehead atoms. The van der Waals surface area contributed by atoms with E-state index in [0.29, 0.717) is 0 Å². The first-order valence-electron chi connectivity index (χ1n) is 5.05. The Morgan fingerprint density at radius 1 is 1.20 bits per heavy atom. The van der Waals surface area contributed by atoms with E-state index >= 15 is 0 Å². The highest BCUT2D eigenvalue weighted by molar-refractivity contribution is 7.85. The highest BCUT2D eigenvalue weighted by Gasteiger charge is 2.06. The summed E-state index contributed by atoms with van der Waals surface area (Å²) in [5.74, 6) is 3.13. The number of rotatable bonds is 5. The van der Waals surface area contributed by atoms with Crippen molar-refractivity contribution in [2.24, 2.45) is 0 Å². The second kappa shape index (κ2) is 6.31. The van der Waals surface area contributed by atoms with Crippen molar-refractivity contribution < 1.29 is 12.6 Å². The van der Waals surface area contributed by atoms with Crippen LogP contribution in [0.3, 0.4) is 0 Å². The Hall–Kier alpha value is -0.313. The first-order chi connectivity index (χ1) is 6.71. The Morgan fingerprint density at radius 3 is 2.27 bits per heavy atom. The lowest BCUT2D eigenvalue weighted by atomic mass is 10.2. The minimum absolute atomic E-state index is 0.271. The first-order valence-corrected chi connectivity index (χ1v) is 10.4. The molecule has 3 nitrogen and oxygen atoms in total. The van der Waals surface area contributed by atoms with Crippen LogP contribution in [0.1, 0.15) is 19.3 Å². The van der Waals surface area contributed by atoms with Gasteiger partial charge in [-0.25, -0.2) is 0 Å². The largest absolute Gasteiger partial charge is 0.270 e. The van der Waals surface area contributed by atoms with Crippen molar-refractivity contribution in [1.82, 2.24) is 0 Å². The van der Waals surface area contributed by atoms with Crippen molar-refractivity contribution in [1.29, 1.82) is 0 Å². The standard InChI is InChI=1S/C10H20O3SSi/c1-14(11,12)13-9-7-5-6-8-10-15(2,3)4/h5-7,9H2,1-4H3. The van der Waals surface area contributed by atoms with Crippen molar-refractivity contribution in [2.75, 3.05) is 12.9 Å². The molecule has 0 aromatic heterocycles. The fraction of sp³-hybridized carbons (Fsp3) is 0.800. The van der Waals surface area contributed by atoms with Gasteiger partial charge in [0.25, 0.3) is 10.1 Å². The maximum atomic E-state index is 10.6. The first kappa shape index (κ1) is 14.7. The Bertz CT molecular complexity index is 330. The summed E-state index contributed by atoms with van der Waals surface area (Å²) < 4.78 is 25.8. The zero-order valence-corrected chi connectivity index (χ0v) is 11.8. The monoisotopic (exact) mass is 248 g/mol. The van der Waals surface area contributed by atoms with Gasteiger partial charge in [-0.3, -0.25) is 4.18 Å². The number of hydrogen-bond donors (Lipinski definition) is 0. The molecule has 0 fully saturated rings. The van der Waals surface area contributed by atoms with Gasteiger partial charge in [0.05, 0.1) is 12.9 Å². The van der Waals surface area contributed by atoms with Gasteiger partial charge in [0.15, 0.2) is 0 Å². The van der Waals surface area contributed by atoms with Gasteiger partial charge in [-0.2, -0.15) is 8.42 Å². The summed E-state index contributed by atoms with van der Waals surface area (Å²) in [4.78, 5) is 0. The van der Waals surface area contributed by atoms with Gasteiger partial charge in [-0.1, -0.05) is 19.6 Å². The molecular formula is C10H20O3SSi. The molecule has 0 aromatic rings. The molecule has 0 aromatic carbocycles. The van der Waals surface area contributed by atoms with E-state index in [2.05, 4.69) is 35.3 Å². The van der Waals surface area contributed by atoms with Gasteiger partial charge in [0, 0.05) is 6.42 Å². The van der Waals surface area contributed by atoms with E-state index in [1.165, 1.54) is 0 Å². The summed E-state index contributed by atoms with van der Waals surface area (Å²) in [6.07, 6.45) is 3.54. The van der Waals surface area contributed by atoms with Crippen LogP contribution in [0.15, 0.2) is 0 Å². The van der Waals surface area contributed by atoms with Gasteiger partial charge >= 0.3 is 0 Å². The smallest absolute Gasteiger partial charge is 0.264 e. The molecule has 0 saturated carbocycles. The van der Waals surface area contributed by atoms with Gasteiger partial charge in [-0.05, 0) is 12.8 Å². The number of hydrogen-bond acceptors (Lipinski definition) is 3. The summed E-state index contributed by atoms with van der Waals surface area (Å²) in [6.45, 7) is 6.87. The summed E-state index contributed by atoms with van der Waals surface area (Å²) in [5, 5.41) is 0. The highest BCUT2D eigenvalue weighted by Crippen LogP contribution is 2.00. The van der Waals surface area contributed by atoms with E-state index in [9.17, 15) is 8.42 Å². The lowest BCUT2D eigenvalue weighted by Gasteiger charge is -2.03. The van der Waals surface area contributed by atoms with E-state index in [1.54, 1.807) is 0 Å².